The summed E-state index contributed by atoms with van der Waals surface area (Å²) in [4.78, 5) is 50.5. The maximum Gasteiger partial charge on any atom is 0.311 e. The van der Waals surface area contributed by atoms with Crippen molar-refractivity contribution >= 4 is 40.5 Å². The predicted octanol–water partition coefficient (Wildman–Crippen LogP) is 2.85. The average Bonchev–Trinajstić information content (AvgIpc) is 3.28. The molecule has 0 saturated carbocycles. The summed E-state index contributed by atoms with van der Waals surface area (Å²) >= 11 is 1.34. The molecule has 0 radical (unpaired) electrons. The van der Waals surface area contributed by atoms with Crippen molar-refractivity contribution in [2.24, 2.45) is 5.92 Å². The smallest absolute Gasteiger partial charge is 0.311 e. The first-order chi connectivity index (χ1) is 16.4. The van der Waals surface area contributed by atoms with Gasteiger partial charge in [-0.1, -0.05) is 6.07 Å². The van der Waals surface area contributed by atoms with E-state index in [0.29, 0.717) is 43.9 Å². The van der Waals surface area contributed by atoms with Crippen LogP contribution in [0.5, 0.6) is 11.5 Å². The number of piperidine rings is 1. The highest BCUT2D eigenvalue weighted by Crippen LogP contribution is 2.39. The van der Waals surface area contributed by atoms with Gasteiger partial charge in [0.2, 0.25) is 0 Å². The molecule has 0 spiro atoms. The van der Waals surface area contributed by atoms with Crippen molar-refractivity contribution in [3.8, 4) is 11.5 Å². The first kappa shape index (κ1) is 23.5. The number of carbonyl (C=O) groups excluding carboxylic acids is 3. The first-order valence-corrected chi connectivity index (χ1v) is 11.7. The summed E-state index contributed by atoms with van der Waals surface area (Å²) in [6.45, 7) is 0.895. The van der Waals surface area contributed by atoms with Crippen LogP contribution in [-0.4, -0.2) is 60.5 Å². The van der Waals surface area contributed by atoms with Crippen molar-refractivity contribution in [1.29, 1.82) is 0 Å². The minimum Gasteiger partial charge on any atom is -0.489 e. The summed E-state index contributed by atoms with van der Waals surface area (Å²) in [6, 6.07) is 6.05. The Balaban J connectivity index is 1.35. The third-order valence-corrected chi connectivity index (χ3v) is 6.31. The minimum absolute atomic E-state index is 0.0827. The number of esters is 1. The maximum atomic E-state index is 12.6. The van der Waals surface area contributed by atoms with Gasteiger partial charge in [0.1, 0.15) is 5.69 Å². The number of hydrogen-bond acceptors (Lipinski definition) is 9. The molecule has 2 aliphatic rings. The Kier molecular flexibility index (Phi) is 7.26. The highest BCUT2D eigenvalue weighted by molar-refractivity contribution is 7.12. The van der Waals surface area contributed by atoms with Crippen LogP contribution in [0.25, 0.3) is 0 Å². The highest BCUT2D eigenvalue weighted by atomic mass is 32.1. The molecule has 2 amide bonds. The lowest BCUT2D eigenvalue weighted by Crippen LogP contribution is -2.43. The molecule has 180 valence electrons. The van der Waals surface area contributed by atoms with Gasteiger partial charge in [-0.25, -0.2) is 0 Å². The van der Waals surface area contributed by atoms with E-state index in [1.807, 2.05) is 5.38 Å². The lowest BCUT2D eigenvalue weighted by atomic mass is 9.98. The van der Waals surface area contributed by atoms with E-state index < -0.39 is 29.3 Å². The van der Waals surface area contributed by atoms with Crippen molar-refractivity contribution < 1.29 is 33.5 Å². The predicted molar refractivity (Wildman–Crippen MR) is 121 cm³/mol. The van der Waals surface area contributed by atoms with Crippen molar-refractivity contribution in [2.45, 2.75) is 19.3 Å². The van der Waals surface area contributed by atoms with Gasteiger partial charge in [-0.2, -0.15) is 0 Å². The van der Waals surface area contributed by atoms with Crippen molar-refractivity contribution in [3.05, 3.63) is 44.6 Å². The summed E-state index contributed by atoms with van der Waals surface area (Å²) in [5.41, 5.74) is -0.445. The molecule has 1 aromatic carbocycles. The molecule has 1 fully saturated rings. The van der Waals surface area contributed by atoms with Crippen LogP contribution in [0.4, 0.5) is 11.4 Å². The third-order valence-electron chi connectivity index (χ3n) is 5.46. The lowest BCUT2D eigenvalue weighted by Gasteiger charge is -2.31. The fourth-order valence-corrected chi connectivity index (χ4v) is 4.49. The number of amides is 2. The van der Waals surface area contributed by atoms with Crippen molar-refractivity contribution in [2.75, 3.05) is 38.2 Å². The van der Waals surface area contributed by atoms with Crippen LogP contribution in [0.15, 0.2) is 29.6 Å². The number of nitrogens with zero attached hydrogens (tertiary/aromatic N) is 2. The Bertz CT molecular complexity index is 1090. The molecular formula is C22H23N3O8S. The minimum atomic E-state index is -0.728. The van der Waals surface area contributed by atoms with Gasteiger partial charge < -0.3 is 24.4 Å². The van der Waals surface area contributed by atoms with Gasteiger partial charge in [0.25, 0.3) is 17.5 Å². The number of thiophene rings is 1. The molecule has 1 atom stereocenters. The number of nitro benzene ring substituents is 1. The highest BCUT2D eigenvalue weighted by Gasteiger charge is 2.31. The zero-order chi connectivity index (χ0) is 24.1. The second-order valence-electron chi connectivity index (χ2n) is 7.85. The van der Waals surface area contributed by atoms with E-state index in [2.05, 4.69) is 5.32 Å². The topological polar surface area (TPSA) is 137 Å². The Labute approximate surface area is 198 Å². The molecule has 0 aliphatic carbocycles. The van der Waals surface area contributed by atoms with Crippen LogP contribution in [0.2, 0.25) is 0 Å². The van der Waals surface area contributed by atoms with Crippen molar-refractivity contribution in [1.82, 2.24) is 4.90 Å². The van der Waals surface area contributed by atoms with Crippen LogP contribution >= 0.6 is 11.3 Å². The number of fused-ring (bicyclic) bond motifs is 1. The van der Waals surface area contributed by atoms with Gasteiger partial charge in [-0.3, -0.25) is 24.5 Å². The molecule has 4 rings (SSSR count). The molecule has 12 heteroatoms. The van der Waals surface area contributed by atoms with E-state index in [1.54, 1.807) is 17.0 Å². The molecule has 1 aromatic heterocycles. The summed E-state index contributed by atoms with van der Waals surface area (Å²) in [7, 11) is 0. The quantitative estimate of drug-likeness (QED) is 0.371. The van der Waals surface area contributed by atoms with Gasteiger partial charge in [0.05, 0.1) is 35.0 Å². The number of benzene rings is 1. The molecule has 2 aliphatic heterocycles. The molecule has 1 N–H and O–H groups in total. The normalized spacial score (nSPS) is 17.4. The Morgan fingerprint density at radius 3 is 2.68 bits per heavy atom. The Morgan fingerprint density at radius 2 is 1.97 bits per heavy atom. The van der Waals surface area contributed by atoms with Crippen LogP contribution in [0.1, 0.15) is 28.9 Å². The fraction of sp³-hybridized carbons (Fsp3) is 0.409. The number of rotatable bonds is 6. The molecule has 11 nitrogen and oxygen atoms in total. The number of hydrogen-bond donors (Lipinski definition) is 1. The van der Waals surface area contributed by atoms with Crippen LogP contribution in [-0.2, 0) is 14.3 Å². The number of nitrogens with one attached hydrogen (secondary N) is 1. The second kappa shape index (κ2) is 10.5. The number of anilines is 1. The summed E-state index contributed by atoms with van der Waals surface area (Å²) in [5.74, 6) is -1.48. The molecule has 1 saturated heterocycles. The average molecular weight is 490 g/mol. The molecule has 0 bridgehead atoms. The Morgan fingerprint density at radius 1 is 1.21 bits per heavy atom. The fourth-order valence-electron chi connectivity index (χ4n) is 3.80. The summed E-state index contributed by atoms with van der Waals surface area (Å²) < 4.78 is 16.1. The number of nitro groups is 1. The largest absolute Gasteiger partial charge is 0.489 e. The SMILES string of the molecule is O=C(COC(=O)C1CCCN(C(=O)c2cccs2)C1)Nc1cc2c(cc1[N+](=O)[O-])OCCCO2. The molecule has 2 aromatic rings. The van der Waals surface area contributed by atoms with Crippen LogP contribution in [0, 0.1) is 16.0 Å². The van der Waals surface area contributed by atoms with Crippen LogP contribution < -0.4 is 14.8 Å². The first-order valence-electron chi connectivity index (χ1n) is 10.8. The van der Waals surface area contributed by atoms with E-state index in [-0.39, 0.29) is 35.3 Å². The van der Waals surface area contributed by atoms with Gasteiger partial charge in [-0.05, 0) is 24.3 Å². The lowest BCUT2D eigenvalue weighted by molar-refractivity contribution is -0.384. The van der Waals surface area contributed by atoms with E-state index in [4.69, 9.17) is 14.2 Å². The van der Waals surface area contributed by atoms with Gasteiger partial charge in [0.15, 0.2) is 18.1 Å². The summed E-state index contributed by atoms with van der Waals surface area (Å²) in [5, 5.41) is 15.7. The monoisotopic (exact) mass is 489 g/mol. The van der Waals surface area contributed by atoms with Gasteiger partial charge >= 0.3 is 5.97 Å². The van der Waals surface area contributed by atoms with E-state index in [1.165, 1.54) is 23.5 Å². The molecule has 3 heterocycles. The van der Waals surface area contributed by atoms with E-state index in [9.17, 15) is 24.5 Å². The molecular weight excluding hydrogens is 466 g/mol. The van der Waals surface area contributed by atoms with Gasteiger partial charge in [-0.15, -0.1) is 11.3 Å². The zero-order valence-corrected chi connectivity index (χ0v) is 19.0. The number of likely N-dealkylation sites (tertiary alicyclic amines) is 1. The van der Waals surface area contributed by atoms with E-state index in [0.717, 1.165) is 0 Å². The molecule has 34 heavy (non-hydrogen) atoms. The van der Waals surface area contributed by atoms with Gasteiger partial charge in [0, 0.05) is 25.6 Å². The maximum absolute atomic E-state index is 12.6. The summed E-state index contributed by atoms with van der Waals surface area (Å²) in [6.07, 6.45) is 1.81. The Hall–Kier alpha value is -3.67. The number of ether oxygens (including phenoxy) is 3. The standard InChI is InChI=1S/C22H23N3O8S/c26-20(23-15-10-17-18(11-16(15)25(29)30)32-8-3-7-31-17)13-33-22(28)14-4-1-6-24(12-14)21(27)19-5-2-9-34-19/h2,5,9-11,14H,1,3-4,6-8,12-13H2,(H,23,26). The van der Waals surface area contributed by atoms with E-state index >= 15 is 0 Å². The molecule has 1 unspecified atom stereocenters. The second-order valence-corrected chi connectivity index (χ2v) is 8.79. The third kappa shape index (κ3) is 5.45. The zero-order valence-electron chi connectivity index (χ0n) is 18.2. The van der Waals surface area contributed by atoms with Crippen LogP contribution in [0.3, 0.4) is 0 Å². The number of carbonyl (C=O) groups is 3. The van der Waals surface area contributed by atoms with Crippen molar-refractivity contribution in [3.63, 3.8) is 0 Å².